The SMILES string of the molecule is c1ccc(C2(c3ccccc3)c3cc(-c4nc(-c5cccc6ccccc56)nc5ccccc45)ccc3-c3ccc(-c4nc(-c5cccc6ccccc56)nc5ccccc45)cc32)cc1. The molecule has 13 rings (SSSR count). The Morgan fingerprint density at radius 3 is 1.12 bits per heavy atom. The van der Waals surface area contributed by atoms with Gasteiger partial charge in [0.1, 0.15) is 0 Å². The summed E-state index contributed by atoms with van der Waals surface area (Å²) >= 11 is 0. The Bertz CT molecular complexity index is 3580. The van der Waals surface area contributed by atoms with Crippen molar-refractivity contribution >= 4 is 43.4 Å². The molecule has 0 radical (unpaired) electrons. The summed E-state index contributed by atoms with van der Waals surface area (Å²) in [4.78, 5) is 21.3. The van der Waals surface area contributed by atoms with Crippen LogP contribution in [0.25, 0.3) is 99.8 Å². The summed E-state index contributed by atoms with van der Waals surface area (Å²) < 4.78 is 0. The molecule has 0 fully saturated rings. The third-order valence-electron chi connectivity index (χ3n) is 13.4. The van der Waals surface area contributed by atoms with Gasteiger partial charge in [0.05, 0.1) is 27.8 Å². The van der Waals surface area contributed by atoms with E-state index < -0.39 is 5.41 Å². The van der Waals surface area contributed by atoms with E-state index in [1.807, 2.05) is 0 Å². The van der Waals surface area contributed by atoms with Gasteiger partial charge in [-0.2, -0.15) is 0 Å². The molecule has 0 unspecified atom stereocenters. The summed E-state index contributed by atoms with van der Waals surface area (Å²) in [5.41, 5.74) is 14.2. The van der Waals surface area contributed by atoms with Crippen LogP contribution in [0.15, 0.2) is 231 Å². The molecule has 302 valence electrons. The Labute approximate surface area is 376 Å². The predicted octanol–water partition coefficient (Wildman–Crippen LogP) is 14.9. The van der Waals surface area contributed by atoms with Crippen molar-refractivity contribution in [1.29, 1.82) is 0 Å². The average molecular weight is 827 g/mol. The monoisotopic (exact) mass is 826 g/mol. The van der Waals surface area contributed by atoms with Gasteiger partial charge in [-0.15, -0.1) is 0 Å². The Balaban J connectivity index is 1.07. The van der Waals surface area contributed by atoms with Crippen LogP contribution in [0, 0.1) is 0 Å². The van der Waals surface area contributed by atoms with E-state index in [0.717, 1.165) is 77.0 Å². The molecule has 1 aliphatic rings. The van der Waals surface area contributed by atoms with Crippen molar-refractivity contribution in [3.05, 3.63) is 253 Å². The Kier molecular flexibility index (Phi) is 8.40. The Morgan fingerprint density at radius 2 is 0.662 bits per heavy atom. The van der Waals surface area contributed by atoms with Crippen LogP contribution in [0.3, 0.4) is 0 Å². The minimum absolute atomic E-state index is 0.679. The van der Waals surface area contributed by atoms with E-state index >= 15 is 0 Å². The smallest absolute Gasteiger partial charge is 0.161 e. The lowest BCUT2D eigenvalue weighted by Crippen LogP contribution is -2.28. The van der Waals surface area contributed by atoms with Crippen molar-refractivity contribution in [2.45, 2.75) is 5.41 Å². The lowest BCUT2D eigenvalue weighted by atomic mass is 9.67. The fourth-order valence-corrected chi connectivity index (χ4v) is 10.5. The first-order valence-electron chi connectivity index (χ1n) is 22.1. The molecule has 0 saturated carbocycles. The summed E-state index contributed by atoms with van der Waals surface area (Å²) in [5.74, 6) is 1.42. The molecular weight excluding hydrogens is 789 g/mol. The molecule has 12 aromatic rings. The zero-order valence-electron chi connectivity index (χ0n) is 35.2. The van der Waals surface area contributed by atoms with Crippen LogP contribution in [-0.4, -0.2) is 19.9 Å². The van der Waals surface area contributed by atoms with E-state index in [9.17, 15) is 0 Å². The van der Waals surface area contributed by atoms with Crippen LogP contribution in [0.5, 0.6) is 0 Å². The average Bonchev–Trinajstić information content (AvgIpc) is 3.67. The van der Waals surface area contributed by atoms with Gasteiger partial charge in [0.2, 0.25) is 0 Å². The first-order valence-corrected chi connectivity index (χ1v) is 22.1. The van der Waals surface area contributed by atoms with Gasteiger partial charge in [0.15, 0.2) is 11.6 Å². The standard InChI is InChI=1S/C61H38N4/c1-3-21-43(22-4-1)61(44-23-5-2-6-24-44)53-37-41(57-51-27-11-13-31-55(51)62-59(64-57)49-29-15-19-39-17-7-9-25-45(39)49)33-35-47(53)48-36-34-42(38-54(48)61)58-52-28-12-14-32-56(52)63-60(65-58)50-30-16-20-40-18-8-10-26-46(40)50/h1-38H. The molecule has 1 aliphatic carbocycles. The van der Waals surface area contributed by atoms with Gasteiger partial charge in [-0.25, -0.2) is 19.9 Å². The molecule has 0 spiro atoms. The Morgan fingerprint density at radius 1 is 0.277 bits per heavy atom. The van der Waals surface area contributed by atoms with Crippen molar-refractivity contribution in [2.24, 2.45) is 0 Å². The number of aromatic nitrogens is 4. The molecule has 0 atom stereocenters. The van der Waals surface area contributed by atoms with Crippen LogP contribution >= 0.6 is 0 Å². The maximum Gasteiger partial charge on any atom is 0.161 e. The highest BCUT2D eigenvalue weighted by Gasteiger charge is 2.46. The highest BCUT2D eigenvalue weighted by Crippen LogP contribution is 2.57. The molecule has 0 saturated heterocycles. The van der Waals surface area contributed by atoms with Gasteiger partial charge < -0.3 is 0 Å². The van der Waals surface area contributed by atoms with E-state index in [4.69, 9.17) is 19.9 Å². The molecule has 65 heavy (non-hydrogen) atoms. The molecule has 0 bridgehead atoms. The van der Waals surface area contributed by atoms with Gasteiger partial charge in [0, 0.05) is 33.0 Å². The van der Waals surface area contributed by atoms with Crippen LogP contribution in [0.2, 0.25) is 0 Å². The number of para-hydroxylation sites is 2. The normalized spacial score (nSPS) is 12.7. The molecule has 4 nitrogen and oxygen atoms in total. The molecule has 2 heterocycles. The van der Waals surface area contributed by atoms with E-state index in [-0.39, 0.29) is 0 Å². The summed E-state index contributed by atoms with van der Waals surface area (Å²) in [6, 6.07) is 82.4. The third-order valence-corrected chi connectivity index (χ3v) is 13.4. The van der Waals surface area contributed by atoms with Crippen molar-refractivity contribution in [2.75, 3.05) is 0 Å². The van der Waals surface area contributed by atoms with Crippen molar-refractivity contribution in [3.63, 3.8) is 0 Å². The zero-order chi connectivity index (χ0) is 42.9. The number of hydrogen-bond donors (Lipinski definition) is 0. The molecule has 4 heteroatoms. The molecule has 2 aromatic heterocycles. The van der Waals surface area contributed by atoms with Crippen LogP contribution < -0.4 is 0 Å². The topological polar surface area (TPSA) is 51.6 Å². The largest absolute Gasteiger partial charge is 0.228 e. The lowest BCUT2D eigenvalue weighted by Gasteiger charge is -2.34. The second-order valence-electron chi connectivity index (χ2n) is 16.9. The van der Waals surface area contributed by atoms with E-state index in [2.05, 4.69) is 231 Å². The summed E-state index contributed by atoms with van der Waals surface area (Å²) in [5, 5.41) is 6.60. The van der Waals surface area contributed by atoms with Crippen LogP contribution in [-0.2, 0) is 5.41 Å². The summed E-state index contributed by atoms with van der Waals surface area (Å²) in [7, 11) is 0. The number of hydrogen-bond acceptors (Lipinski definition) is 4. The first-order chi connectivity index (χ1) is 32.2. The molecule has 0 aliphatic heterocycles. The van der Waals surface area contributed by atoms with Crippen molar-refractivity contribution in [3.8, 4) is 56.4 Å². The fraction of sp³-hybridized carbons (Fsp3) is 0.0164. The quantitative estimate of drug-likeness (QED) is 0.168. The van der Waals surface area contributed by atoms with Gasteiger partial charge in [-0.05, 0) is 79.2 Å². The number of fused-ring (bicyclic) bond motifs is 7. The second-order valence-corrected chi connectivity index (χ2v) is 16.9. The first kappa shape index (κ1) is 37.0. The van der Waals surface area contributed by atoms with Crippen LogP contribution in [0.1, 0.15) is 22.3 Å². The van der Waals surface area contributed by atoms with Gasteiger partial charge in [-0.1, -0.05) is 206 Å². The second kappa shape index (κ2) is 14.8. The lowest BCUT2D eigenvalue weighted by molar-refractivity contribution is 0.769. The van der Waals surface area contributed by atoms with E-state index in [0.29, 0.717) is 11.6 Å². The van der Waals surface area contributed by atoms with Gasteiger partial charge >= 0.3 is 0 Å². The number of rotatable bonds is 6. The zero-order valence-corrected chi connectivity index (χ0v) is 35.2. The highest BCUT2D eigenvalue weighted by atomic mass is 14.9. The van der Waals surface area contributed by atoms with Crippen LogP contribution in [0.4, 0.5) is 0 Å². The van der Waals surface area contributed by atoms with Crippen molar-refractivity contribution < 1.29 is 0 Å². The maximum atomic E-state index is 5.47. The summed E-state index contributed by atoms with van der Waals surface area (Å²) in [6.07, 6.45) is 0. The van der Waals surface area contributed by atoms with Crippen molar-refractivity contribution in [1.82, 2.24) is 19.9 Å². The minimum Gasteiger partial charge on any atom is -0.228 e. The van der Waals surface area contributed by atoms with E-state index in [1.54, 1.807) is 0 Å². The number of nitrogens with zero attached hydrogens (tertiary/aromatic N) is 4. The predicted molar refractivity (Wildman–Crippen MR) is 267 cm³/mol. The number of benzene rings is 10. The maximum absolute atomic E-state index is 5.47. The molecule has 0 amide bonds. The molecular formula is C61H38N4. The molecule has 0 N–H and O–H groups in total. The Hall–Kier alpha value is -8.60. The van der Waals surface area contributed by atoms with E-state index in [1.165, 1.54) is 33.4 Å². The molecule has 10 aromatic carbocycles. The highest BCUT2D eigenvalue weighted by molar-refractivity contribution is 6.02. The van der Waals surface area contributed by atoms with Gasteiger partial charge in [-0.3, -0.25) is 0 Å². The summed E-state index contributed by atoms with van der Waals surface area (Å²) in [6.45, 7) is 0. The van der Waals surface area contributed by atoms with Gasteiger partial charge in [0.25, 0.3) is 0 Å². The fourth-order valence-electron chi connectivity index (χ4n) is 10.5. The minimum atomic E-state index is -0.679. The third kappa shape index (κ3) is 5.77.